The van der Waals surface area contributed by atoms with Crippen LogP contribution in [0.4, 0.5) is 5.69 Å². The summed E-state index contributed by atoms with van der Waals surface area (Å²) in [6.07, 6.45) is 2.59. The Bertz CT molecular complexity index is 1260. The molecule has 0 saturated heterocycles. The minimum absolute atomic E-state index is 0. The number of anilines is 1. The summed E-state index contributed by atoms with van der Waals surface area (Å²) in [4.78, 5) is 38.1. The maximum absolute atomic E-state index is 13.9. The number of rotatable bonds is 14. The van der Waals surface area contributed by atoms with Gasteiger partial charge < -0.3 is 10.00 Å². The molecular formula is C32H42NNa2O5P. The Labute approximate surface area is 289 Å². The molecule has 9 heteroatoms. The minimum atomic E-state index is -3.61. The van der Waals surface area contributed by atoms with Crippen LogP contribution in [0, 0.1) is 11.8 Å². The van der Waals surface area contributed by atoms with E-state index in [-0.39, 0.29) is 77.4 Å². The van der Waals surface area contributed by atoms with Crippen LogP contribution in [-0.2, 0) is 20.6 Å². The van der Waals surface area contributed by atoms with Crippen LogP contribution in [0.2, 0.25) is 0 Å². The average Bonchev–Trinajstić information content (AvgIpc) is 2.92. The zero-order chi connectivity index (χ0) is 28.4. The van der Waals surface area contributed by atoms with Crippen LogP contribution in [0.5, 0.6) is 0 Å². The van der Waals surface area contributed by atoms with Crippen LogP contribution in [0.1, 0.15) is 45.6 Å². The Hall–Kier alpha value is -1.21. The van der Waals surface area contributed by atoms with Crippen LogP contribution < -0.4 is 4.90 Å². The summed E-state index contributed by atoms with van der Waals surface area (Å²) in [7, 11) is -3.61. The number of aryl methyl sites for hydroxylation is 1. The number of amides is 1. The van der Waals surface area contributed by atoms with Crippen LogP contribution in [0.15, 0.2) is 84.9 Å². The molecule has 1 amide bonds. The van der Waals surface area contributed by atoms with Crippen molar-refractivity contribution in [1.29, 1.82) is 0 Å². The molecule has 212 valence electrons. The number of hydrogen-bond acceptors (Lipinski definition) is 3. The van der Waals surface area contributed by atoms with Crippen molar-refractivity contribution >= 4 is 84.0 Å². The summed E-state index contributed by atoms with van der Waals surface area (Å²) < 4.78 is 13.3. The van der Waals surface area contributed by atoms with Crippen LogP contribution in [0.25, 0.3) is 11.1 Å². The van der Waals surface area contributed by atoms with Gasteiger partial charge in [0.25, 0.3) is 0 Å². The van der Waals surface area contributed by atoms with Gasteiger partial charge in [0.2, 0.25) is 13.3 Å². The fourth-order valence-electron chi connectivity index (χ4n) is 4.88. The van der Waals surface area contributed by atoms with Gasteiger partial charge in [0.05, 0.1) is 0 Å². The third kappa shape index (κ3) is 12.1. The fraction of sp³-hybridized carbons (Fsp3) is 0.375. The number of aliphatic carboxylic acids is 1. The second-order valence-corrected chi connectivity index (χ2v) is 13.2. The SMILES string of the molecule is CC(C)CC(CP(=O)(O)CCCCc1ccccc1)C(=O)N(c1ccc(-c2ccccc2)cc1)[C@@H](C)C(=O)O.[NaH].[NaH]. The third-order valence-electron chi connectivity index (χ3n) is 6.91. The van der Waals surface area contributed by atoms with Gasteiger partial charge in [0, 0.05) is 23.9 Å². The summed E-state index contributed by atoms with van der Waals surface area (Å²) in [6, 6.07) is 25.9. The zero-order valence-corrected chi connectivity index (χ0v) is 24.0. The Morgan fingerprint density at radius 3 is 1.88 bits per heavy atom. The molecule has 0 radical (unpaired) electrons. The second kappa shape index (κ2) is 18.5. The number of carbonyl (C=O) groups excluding carboxylic acids is 1. The van der Waals surface area contributed by atoms with Crippen molar-refractivity contribution in [2.24, 2.45) is 11.8 Å². The molecule has 0 saturated carbocycles. The molecule has 41 heavy (non-hydrogen) atoms. The maximum atomic E-state index is 13.9. The third-order valence-corrected chi connectivity index (χ3v) is 8.94. The summed E-state index contributed by atoms with van der Waals surface area (Å²) in [5.41, 5.74) is 3.61. The van der Waals surface area contributed by atoms with Crippen LogP contribution >= 0.6 is 7.37 Å². The first-order valence-electron chi connectivity index (χ1n) is 13.6. The first-order valence-corrected chi connectivity index (χ1v) is 15.7. The molecule has 3 rings (SSSR count). The molecule has 2 N–H and O–H groups in total. The molecular weight excluding hydrogens is 555 g/mol. The number of hydrogen-bond donors (Lipinski definition) is 2. The number of carboxylic acid groups (broad SMARTS) is 1. The van der Waals surface area contributed by atoms with Gasteiger partial charge in [-0.25, -0.2) is 4.79 Å². The normalized spacial score (nSPS) is 13.7. The number of unbranched alkanes of at least 4 members (excludes halogenated alkanes) is 1. The number of carboxylic acids is 1. The van der Waals surface area contributed by atoms with E-state index in [2.05, 4.69) is 0 Å². The average molecular weight is 598 g/mol. The second-order valence-electron chi connectivity index (χ2n) is 10.7. The van der Waals surface area contributed by atoms with Crippen molar-refractivity contribution in [3.05, 3.63) is 90.5 Å². The van der Waals surface area contributed by atoms with E-state index in [0.29, 0.717) is 18.5 Å². The van der Waals surface area contributed by atoms with Gasteiger partial charge in [0.1, 0.15) is 6.04 Å². The van der Waals surface area contributed by atoms with E-state index in [1.807, 2.05) is 86.6 Å². The van der Waals surface area contributed by atoms with Crippen LogP contribution in [0.3, 0.4) is 0 Å². The molecule has 0 aromatic heterocycles. The summed E-state index contributed by atoms with van der Waals surface area (Å²) >= 11 is 0. The van der Waals surface area contributed by atoms with Gasteiger partial charge in [-0.05, 0) is 67.3 Å². The van der Waals surface area contributed by atoms with Crippen molar-refractivity contribution in [2.75, 3.05) is 17.2 Å². The molecule has 3 aromatic rings. The monoisotopic (exact) mass is 597 g/mol. The van der Waals surface area contributed by atoms with Crippen molar-refractivity contribution in [1.82, 2.24) is 0 Å². The Morgan fingerprint density at radius 1 is 0.805 bits per heavy atom. The van der Waals surface area contributed by atoms with Gasteiger partial charge in [-0.1, -0.05) is 86.6 Å². The number of benzene rings is 3. The Kier molecular flexibility index (Phi) is 17.0. The van der Waals surface area contributed by atoms with E-state index in [9.17, 15) is 24.2 Å². The summed E-state index contributed by atoms with van der Waals surface area (Å²) in [5.74, 6) is -2.22. The van der Waals surface area contributed by atoms with Gasteiger partial charge in [-0.2, -0.15) is 0 Å². The van der Waals surface area contributed by atoms with E-state index < -0.39 is 31.2 Å². The Morgan fingerprint density at radius 2 is 1.34 bits per heavy atom. The number of carbonyl (C=O) groups is 2. The molecule has 3 atom stereocenters. The van der Waals surface area contributed by atoms with Gasteiger partial charge in [0.15, 0.2) is 0 Å². The summed E-state index contributed by atoms with van der Waals surface area (Å²) in [6.45, 7) is 5.39. The predicted octanol–water partition coefficient (Wildman–Crippen LogP) is 5.82. The molecule has 0 aliphatic rings. The van der Waals surface area contributed by atoms with E-state index in [0.717, 1.165) is 24.0 Å². The molecule has 0 heterocycles. The predicted molar refractivity (Wildman–Crippen MR) is 173 cm³/mol. The molecule has 6 nitrogen and oxygen atoms in total. The first-order chi connectivity index (χ1) is 18.6. The van der Waals surface area contributed by atoms with E-state index in [1.165, 1.54) is 17.4 Å². The standard InChI is InChI=1S/C32H40NO5P.2Na.2H/c1-24(2)22-29(23-39(37,38)21-11-10-14-26-12-6-4-7-13-26)31(34)33(25(3)32(35)36)30-19-17-28(18-20-30)27-15-8-5-9-16-27;;;;/h4-9,12-13,15-20,24-25,29H,10-11,14,21-23H2,1-3H3,(H,35,36)(H,37,38);;;;/t25-,29?;;;;/m0..../s1. The van der Waals surface area contributed by atoms with E-state index >= 15 is 0 Å². The zero-order valence-electron chi connectivity index (χ0n) is 23.1. The molecule has 2 unspecified atom stereocenters. The van der Waals surface area contributed by atoms with E-state index in [1.54, 1.807) is 12.1 Å². The molecule has 0 bridgehead atoms. The van der Waals surface area contributed by atoms with Crippen molar-refractivity contribution in [2.45, 2.75) is 52.5 Å². The van der Waals surface area contributed by atoms with Crippen molar-refractivity contribution in [3.63, 3.8) is 0 Å². The van der Waals surface area contributed by atoms with Crippen molar-refractivity contribution < 1.29 is 24.2 Å². The summed E-state index contributed by atoms with van der Waals surface area (Å²) in [5, 5.41) is 9.83. The van der Waals surface area contributed by atoms with Gasteiger partial charge >= 0.3 is 65.1 Å². The van der Waals surface area contributed by atoms with Crippen LogP contribution in [-0.4, -0.2) is 99.4 Å². The topological polar surface area (TPSA) is 94.9 Å². The van der Waals surface area contributed by atoms with Crippen molar-refractivity contribution in [3.8, 4) is 11.1 Å². The molecule has 0 fully saturated rings. The quantitative estimate of drug-likeness (QED) is 0.139. The van der Waals surface area contributed by atoms with Gasteiger partial charge in [-0.15, -0.1) is 0 Å². The Balaban J connectivity index is 0.00000420. The molecule has 3 aromatic carbocycles. The number of nitrogens with zero attached hydrogens (tertiary/aromatic N) is 1. The molecule has 0 aliphatic heterocycles. The first kappa shape index (κ1) is 37.8. The molecule has 0 aliphatic carbocycles. The fourth-order valence-corrected chi connectivity index (χ4v) is 6.78. The van der Waals surface area contributed by atoms with E-state index in [4.69, 9.17) is 0 Å². The van der Waals surface area contributed by atoms with Gasteiger partial charge in [-0.3, -0.25) is 14.3 Å². The molecule has 0 spiro atoms.